The summed E-state index contributed by atoms with van der Waals surface area (Å²) in [5, 5.41) is 0. The van der Waals surface area contributed by atoms with Crippen LogP contribution in [0.1, 0.15) is 22.3 Å². The van der Waals surface area contributed by atoms with E-state index in [-0.39, 0.29) is 0 Å². The Morgan fingerprint density at radius 2 is 0.593 bits per heavy atom. The van der Waals surface area contributed by atoms with Gasteiger partial charge in [-0.2, -0.15) is 0 Å². The molecule has 0 N–H and O–H groups in total. The van der Waals surface area contributed by atoms with Crippen LogP contribution in [-0.4, -0.2) is 0 Å². The second-order valence-electron chi connectivity index (χ2n) is 14.3. The molecular formula is C54H42. The minimum atomic E-state index is 0.875. The number of benzene rings is 7. The molecule has 0 amide bonds. The molecule has 0 fully saturated rings. The van der Waals surface area contributed by atoms with Crippen molar-refractivity contribution in [2.45, 2.75) is 25.7 Å². The number of rotatable bonds is 4. The largest absolute Gasteiger partial charge is 0.0801 e. The van der Waals surface area contributed by atoms with Crippen LogP contribution in [0.25, 0.3) is 66.8 Å². The fourth-order valence-corrected chi connectivity index (χ4v) is 8.14. The Morgan fingerprint density at radius 1 is 0.222 bits per heavy atom. The molecule has 0 nitrogen and oxygen atoms in total. The molecule has 7 aromatic carbocycles. The second kappa shape index (κ2) is 15.2. The highest BCUT2D eigenvalue weighted by Gasteiger charge is 2.16. The van der Waals surface area contributed by atoms with Crippen molar-refractivity contribution in [3.05, 3.63) is 229 Å². The zero-order valence-corrected chi connectivity index (χ0v) is 30.5. The minimum Gasteiger partial charge on any atom is -0.0801 e. The van der Waals surface area contributed by atoms with Crippen molar-refractivity contribution in [2.75, 3.05) is 0 Å². The summed E-state index contributed by atoms with van der Waals surface area (Å²) in [4.78, 5) is 0. The molecule has 258 valence electrons. The minimum absolute atomic E-state index is 0.875. The maximum absolute atomic E-state index is 2.42. The molecule has 0 spiro atoms. The Bertz CT molecular complexity index is 2590. The molecule has 0 heteroatoms. The molecule has 2 aliphatic rings. The zero-order chi connectivity index (χ0) is 36.1. The molecule has 0 aromatic heterocycles. The van der Waals surface area contributed by atoms with E-state index in [0.717, 1.165) is 25.7 Å². The van der Waals surface area contributed by atoms with E-state index in [2.05, 4.69) is 206 Å². The highest BCUT2D eigenvalue weighted by molar-refractivity contribution is 5.86. The molecule has 7 aromatic rings. The first-order valence-electron chi connectivity index (χ1n) is 19.1. The Labute approximate surface area is 319 Å². The lowest BCUT2D eigenvalue weighted by atomic mass is 9.86. The first-order chi connectivity index (χ1) is 26.8. The van der Waals surface area contributed by atoms with E-state index in [1.54, 1.807) is 0 Å². The summed E-state index contributed by atoms with van der Waals surface area (Å²) in [6.07, 6.45) is 21.5. The maximum Gasteiger partial charge on any atom is -0.00879 e. The number of allylic oxidation sites excluding steroid dienone is 8. The highest BCUT2D eigenvalue weighted by atomic mass is 14.2. The standard InChI is InChI=1S/C54H42/c1-2-7-21-45-37-43(30-32-52(45)50-26-13-12-20-40(50)17-6-1)44-31-34-54-47(38-44)23-9-4-3-8-22-46-36-42(29-33-53(46)54)41-24-16-25-48(35-41)51-28-15-14-27-49(51)39-18-10-5-11-19-39/h1-16,18-20,24-38H,17,21-23H2/b6-1-,7-2-,8-3-,9-4-. The van der Waals surface area contributed by atoms with Crippen LogP contribution in [-0.2, 0) is 25.7 Å². The molecule has 9 rings (SSSR count). The van der Waals surface area contributed by atoms with Crippen LogP contribution >= 0.6 is 0 Å². The number of hydrogen-bond acceptors (Lipinski definition) is 0. The average molecular weight is 691 g/mol. The highest BCUT2D eigenvalue weighted by Crippen LogP contribution is 2.39. The van der Waals surface area contributed by atoms with Gasteiger partial charge in [-0.3, -0.25) is 0 Å². The van der Waals surface area contributed by atoms with Crippen LogP contribution in [0.2, 0.25) is 0 Å². The van der Waals surface area contributed by atoms with Crippen molar-refractivity contribution in [3.63, 3.8) is 0 Å². The van der Waals surface area contributed by atoms with Gasteiger partial charge in [0.25, 0.3) is 0 Å². The van der Waals surface area contributed by atoms with Gasteiger partial charge in [0.2, 0.25) is 0 Å². The van der Waals surface area contributed by atoms with Crippen LogP contribution in [0, 0.1) is 0 Å². The van der Waals surface area contributed by atoms with Gasteiger partial charge in [0.1, 0.15) is 0 Å². The normalized spacial score (nSPS) is 15.7. The molecule has 0 aliphatic heterocycles. The average Bonchev–Trinajstić information content (AvgIpc) is 3.24. The van der Waals surface area contributed by atoms with Gasteiger partial charge in [0.15, 0.2) is 0 Å². The van der Waals surface area contributed by atoms with E-state index in [9.17, 15) is 0 Å². The second-order valence-corrected chi connectivity index (χ2v) is 14.3. The molecule has 0 atom stereocenters. The first-order valence-corrected chi connectivity index (χ1v) is 19.1. The monoisotopic (exact) mass is 690 g/mol. The smallest absolute Gasteiger partial charge is 0.00879 e. The molecular weight excluding hydrogens is 649 g/mol. The van der Waals surface area contributed by atoms with Gasteiger partial charge in [0, 0.05) is 0 Å². The third kappa shape index (κ3) is 6.87. The molecule has 0 heterocycles. The fraction of sp³-hybridized carbons (Fsp3) is 0.0741. The third-order valence-corrected chi connectivity index (χ3v) is 10.9. The van der Waals surface area contributed by atoms with Gasteiger partial charge < -0.3 is 0 Å². The van der Waals surface area contributed by atoms with E-state index >= 15 is 0 Å². The summed E-state index contributed by atoms with van der Waals surface area (Å²) in [6, 6.07) is 58.5. The molecule has 0 unspecified atom stereocenters. The van der Waals surface area contributed by atoms with Crippen molar-refractivity contribution in [2.24, 2.45) is 0 Å². The van der Waals surface area contributed by atoms with E-state index in [0.29, 0.717) is 0 Å². The van der Waals surface area contributed by atoms with Gasteiger partial charge >= 0.3 is 0 Å². The van der Waals surface area contributed by atoms with E-state index in [4.69, 9.17) is 0 Å². The van der Waals surface area contributed by atoms with E-state index in [1.807, 2.05) is 0 Å². The summed E-state index contributed by atoms with van der Waals surface area (Å²) in [5.41, 5.74) is 20.7. The van der Waals surface area contributed by atoms with Crippen LogP contribution in [0.4, 0.5) is 0 Å². The van der Waals surface area contributed by atoms with Gasteiger partial charge in [-0.05, 0) is 121 Å². The van der Waals surface area contributed by atoms with Gasteiger partial charge in [-0.25, -0.2) is 0 Å². The van der Waals surface area contributed by atoms with Gasteiger partial charge in [-0.1, -0.05) is 200 Å². The summed E-state index contributed by atoms with van der Waals surface area (Å²) >= 11 is 0. The van der Waals surface area contributed by atoms with Crippen LogP contribution in [0.15, 0.2) is 206 Å². The fourth-order valence-electron chi connectivity index (χ4n) is 8.14. The Morgan fingerprint density at radius 3 is 1.13 bits per heavy atom. The van der Waals surface area contributed by atoms with Crippen molar-refractivity contribution < 1.29 is 0 Å². The predicted molar refractivity (Wildman–Crippen MR) is 230 cm³/mol. The zero-order valence-electron chi connectivity index (χ0n) is 30.5. The molecule has 0 saturated heterocycles. The molecule has 0 saturated carbocycles. The summed E-state index contributed by atoms with van der Waals surface area (Å²) in [6.45, 7) is 0. The lowest BCUT2D eigenvalue weighted by Gasteiger charge is -2.18. The number of fused-ring (bicyclic) bond motifs is 6. The summed E-state index contributed by atoms with van der Waals surface area (Å²) in [5.74, 6) is 0. The van der Waals surface area contributed by atoms with Crippen molar-refractivity contribution in [1.82, 2.24) is 0 Å². The van der Waals surface area contributed by atoms with Crippen molar-refractivity contribution in [3.8, 4) is 66.8 Å². The summed E-state index contributed by atoms with van der Waals surface area (Å²) in [7, 11) is 0. The Kier molecular flexibility index (Phi) is 9.41. The summed E-state index contributed by atoms with van der Waals surface area (Å²) < 4.78 is 0. The van der Waals surface area contributed by atoms with E-state index in [1.165, 1.54) is 89.0 Å². The number of hydrogen-bond donors (Lipinski definition) is 0. The van der Waals surface area contributed by atoms with Crippen LogP contribution < -0.4 is 0 Å². The lowest BCUT2D eigenvalue weighted by molar-refractivity contribution is 1.22. The van der Waals surface area contributed by atoms with Crippen molar-refractivity contribution in [1.29, 1.82) is 0 Å². The quantitative estimate of drug-likeness (QED) is 0.172. The Hall–Kier alpha value is -6.50. The van der Waals surface area contributed by atoms with E-state index < -0.39 is 0 Å². The molecule has 0 radical (unpaired) electrons. The van der Waals surface area contributed by atoms with Gasteiger partial charge in [-0.15, -0.1) is 0 Å². The third-order valence-electron chi connectivity index (χ3n) is 10.9. The first kappa shape index (κ1) is 33.3. The van der Waals surface area contributed by atoms with Gasteiger partial charge in [0.05, 0.1) is 0 Å². The molecule has 2 aliphatic carbocycles. The lowest BCUT2D eigenvalue weighted by Crippen LogP contribution is -1.97. The molecule has 0 bridgehead atoms. The maximum atomic E-state index is 2.42. The Balaban J connectivity index is 1.08. The SMILES string of the molecule is C1=C\Cc2ccccc2-c2ccc(-c3ccc4c(c3)C/C=C\C=C/Cc3cc(-c5cccc(-c6ccccc6-c6ccccc6)c5)ccc3-4)cc2C\C=C/1. The van der Waals surface area contributed by atoms with Crippen LogP contribution in [0.3, 0.4) is 0 Å². The van der Waals surface area contributed by atoms with Crippen LogP contribution in [0.5, 0.6) is 0 Å². The predicted octanol–water partition coefficient (Wildman–Crippen LogP) is 14.1. The van der Waals surface area contributed by atoms with Crippen molar-refractivity contribution >= 4 is 0 Å². The molecule has 54 heavy (non-hydrogen) atoms. The topological polar surface area (TPSA) is 0 Å².